The lowest BCUT2D eigenvalue weighted by atomic mass is 9.74. The summed E-state index contributed by atoms with van der Waals surface area (Å²) in [6.07, 6.45) is 9.94. The number of esters is 1. The van der Waals surface area contributed by atoms with E-state index in [1.54, 1.807) is 46.2 Å². The molecular formula is C36H40ClN3O7. The minimum atomic E-state index is -1.33. The van der Waals surface area contributed by atoms with Gasteiger partial charge >= 0.3 is 5.97 Å². The van der Waals surface area contributed by atoms with Gasteiger partial charge in [0.25, 0.3) is 5.91 Å². The number of nitrogens with zero attached hydrogens (tertiary/aromatic N) is 2. The standard InChI is InChI=1S/C36H40ClN3O7/c37-25-14-16-26(17-15-25)39-20-9-4-7-13-29(42)46-23-27(24-11-5-3-6-12-24)38-33(43)30-28-18-19-36(47-28)31(30)34(44)40(32(36)35(39)45)21-8-1-2-10-22-41/h3-6,9,11-12,14-19,27-28,30-32,41H,1-2,7-8,10,13,20-23H2,(H,38,43)/b9-4-/t27-,28-,30+,31+,32-,36+/m0/s1. The number of hydrogen-bond acceptors (Lipinski definition) is 7. The zero-order chi connectivity index (χ0) is 33.0. The lowest BCUT2D eigenvalue weighted by Crippen LogP contribution is -2.56. The van der Waals surface area contributed by atoms with Crippen LogP contribution in [0.2, 0.25) is 5.02 Å². The fraction of sp³-hybridized carbons (Fsp3) is 0.444. The summed E-state index contributed by atoms with van der Waals surface area (Å²) in [4.78, 5) is 59.3. The van der Waals surface area contributed by atoms with Crippen LogP contribution in [0.3, 0.4) is 0 Å². The maximum Gasteiger partial charge on any atom is 0.306 e. The number of anilines is 1. The highest BCUT2D eigenvalue weighted by Gasteiger charge is 2.73. The summed E-state index contributed by atoms with van der Waals surface area (Å²) in [5, 5.41) is 12.8. The zero-order valence-corrected chi connectivity index (χ0v) is 26.9. The number of cyclic esters (lactones) is 1. The van der Waals surface area contributed by atoms with Crippen LogP contribution >= 0.6 is 11.6 Å². The Morgan fingerprint density at radius 3 is 2.47 bits per heavy atom. The van der Waals surface area contributed by atoms with Gasteiger partial charge in [-0.3, -0.25) is 19.2 Å². The van der Waals surface area contributed by atoms with Gasteiger partial charge in [0.15, 0.2) is 0 Å². The average molecular weight is 662 g/mol. The topological polar surface area (TPSA) is 125 Å². The van der Waals surface area contributed by atoms with Crippen molar-refractivity contribution in [3.63, 3.8) is 0 Å². The molecule has 3 amide bonds. The van der Waals surface area contributed by atoms with Gasteiger partial charge in [-0.25, -0.2) is 0 Å². The lowest BCUT2D eigenvalue weighted by Gasteiger charge is -2.36. The van der Waals surface area contributed by atoms with Crippen molar-refractivity contribution in [3.8, 4) is 0 Å². The molecule has 6 atom stereocenters. The first kappa shape index (κ1) is 32.9. The van der Waals surface area contributed by atoms with Crippen molar-refractivity contribution >= 4 is 41.0 Å². The third-order valence-electron chi connectivity index (χ3n) is 9.52. The Kier molecular flexibility index (Phi) is 10.1. The lowest BCUT2D eigenvalue weighted by molar-refractivity contribution is -0.145. The van der Waals surface area contributed by atoms with E-state index in [1.165, 1.54) is 0 Å². The van der Waals surface area contributed by atoms with E-state index >= 15 is 0 Å². The fourth-order valence-corrected chi connectivity index (χ4v) is 7.37. The van der Waals surface area contributed by atoms with E-state index in [-0.39, 0.29) is 38.0 Å². The van der Waals surface area contributed by atoms with E-state index in [0.717, 1.165) is 18.4 Å². The molecular weight excluding hydrogens is 622 g/mol. The Balaban J connectivity index is 1.39. The molecule has 6 rings (SSSR count). The van der Waals surface area contributed by atoms with Crippen molar-refractivity contribution in [2.75, 3.05) is 31.2 Å². The van der Waals surface area contributed by atoms with Crippen LogP contribution < -0.4 is 10.2 Å². The molecule has 10 nitrogen and oxygen atoms in total. The molecule has 0 aromatic heterocycles. The summed E-state index contributed by atoms with van der Waals surface area (Å²) >= 11 is 6.19. The maximum atomic E-state index is 14.8. The molecule has 2 fully saturated rings. The quantitative estimate of drug-likeness (QED) is 0.248. The van der Waals surface area contributed by atoms with E-state index in [9.17, 15) is 24.3 Å². The second-order valence-electron chi connectivity index (χ2n) is 12.5. The molecule has 0 radical (unpaired) electrons. The van der Waals surface area contributed by atoms with Crippen molar-refractivity contribution in [1.29, 1.82) is 0 Å². The summed E-state index contributed by atoms with van der Waals surface area (Å²) in [6, 6.07) is 14.5. The molecule has 2 N–H and O–H groups in total. The van der Waals surface area contributed by atoms with Crippen molar-refractivity contribution in [1.82, 2.24) is 10.2 Å². The third kappa shape index (κ3) is 6.59. The number of allylic oxidation sites excluding steroid dienone is 1. The van der Waals surface area contributed by atoms with Crippen LogP contribution in [0.5, 0.6) is 0 Å². The van der Waals surface area contributed by atoms with Crippen LogP contribution in [0.1, 0.15) is 50.1 Å². The highest BCUT2D eigenvalue weighted by Crippen LogP contribution is 2.55. The number of ether oxygens (including phenoxy) is 2. The molecule has 0 unspecified atom stereocenters. The minimum absolute atomic E-state index is 0.0679. The summed E-state index contributed by atoms with van der Waals surface area (Å²) < 4.78 is 12.2. The number of fused-ring (bicyclic) bond motifs is 2. The Morgan fingerprint density at radius 2 is 1.70 bits per heavy atom. The number of nitrogens with one attached hydrogen (secondary N) is 1. The molecule has 5 bridgehead atoms. The molecule has 4 aliphatic rings. The van der Waals surface area contributed by atoms with E-state index in [1.807, 2.05) is 42.5 Å². The van der Waals surface area contributed by atoms with Crippen LogP contribution in [-0.4, -0.2) is 77.7 Å². The minimum Gasteiger partial charge on any atom is -0.463 e. The first-order chi connectivity index (χ1) is 22.8. The molecule has 0 saturated carbocycles. The zero-order valence-electron chi connectivity index (χ0n) is 26.1. The van der Waals surface area contributed by atoms with Gasteiger partial charge in [-0.15, -0.1) is 0 Å². The molecule has 2 aromatic carbocycles. The van der Waals surface area contributed by atoms with Crippen molar-refractivity contribution in [2.45, 2.75) is 62.3 Å². The van der Waals surface area contributed by atoms with E-state index < -0.39 is 47.5 Å². The SMILES string of the molecule is O=C1CC/C=C\CN(c2ccc(Cl)cc2)C(=O)[C@@H]2N(CCCCCCO)C(=O)[C@H]3[C@H](C(=O)N[C@H](c4ccccc4)CO1)[C@@H]1C=C[C@]23O1. The van der Waals surface area contributed by atoms with E-state index in [4.69, 9.17) is 21.1 Å². The van der Waals surface area contributed by atoms with Gasteiger partial charge in [-0.1, -0.05) is 79.1 Å². The third-order valence-corrected chi connectivity index (χ3v) is 9.77. The second-order valence-corrected chi connectivity index (χ2v) is 12.9. The Morgan fingerprint density at radius 1 is 0.936 bits per heavy atom. The Labute approximate surface area is 279 Å². The molecule has 4 heterocycles. The smallest absolute Gasteiger partial charge is 0.306 e. The molecule has 2 saturated heterocycles. The van der Waals surface area contributed by atoms with Crippen molar-refractivity contribution in [2.24, 2.45) is 11.8 Å². The molecule has 0 aliphatic carbocycles. The van der Waals surface area contributed by atoms with Gasteiger partial charge in [0.1, 0.15) is 18.2 Å². The highest BCUT2D eigenvalue weighted by molar-refractivity contribution is 6.30. The van der Waals surface area contributed by atoms with Crippen LogP contribution in [-0.2, 0) is 28.7 Å². The number of aliphatic hydroxyl groups is 1. The normalized spacial score (nSPS) is 30.0. The van der Waals surface area contributed by atoms with E-state index in [0.29, 0.717) is 36.5 Å². The number of carbonyl (C=O) groups is 4. The molecule has 1 spiro atoms. The van der Waals surface area contributed by atoms with Crippen LogP contribution in [0.15, 0.2) is 78.9 Å². The highest BCUT2D eigenvalue weighted by atomic mass is 35.5. The summed E-state index contributed by atoms with van der Waals surface area (Å²) in [6.45, 7) is 0.514. The average Bonchev–Trinajstić information content (AvgIpc) is 3.72. The molecule has 248 valence electrons. The Hall–Kier alpha value is -3.99. The van der Waals surface area contributed by atoms with Gasteiger partial charge in [0.05, 0.1) is 24.0 Å². The maximum absolute atomic E-state index is 14.8. The summed E-state index contributed by atoms with van der Waals surface area (Å²) in [5.74, 6) is -3.24. The van der Waals surface area contributed by atoms with Gasteiger partial charge in [0, 0.05) is 36.8 Å². The summed E-state index contributed by atoms with van der Waals surface area (Å²) in [7, 11) is 0. The summed E-state index contributed by atoms with van der Waals surface area (Å²) in [5.41, 5.74) is 0.0195. The van der Waals surface area contributed by atoms with Gasteiger partial charge in [0.2, 0.25) is 11.8 Å². The monoisotopic (exact) mass is 661 g/mol. The van der Waals surface area contributed by atoms with Crippen LogP contribution in [0.25, 0.3) is 0 Å². The van der Waals surface area contributed by atoms with Crippen LogP contribution in [0.4, 0.5) is 5.69 Å². The molecule has 11 heteroatoms. The largest absolute Gasteiger partial charge is 0.463 e. The van der Waals surface area contributed by atoms with Gasteiger partial charge < -0.3 is 29.7 Å². The van der Waals surface area contributed by atoms with Crippen molar-refractivity contribution in [3.05, 3.63) is 89.5 Å². The number of rotatable bonds is 8. The Bertz CT molecular complexity index is 1530. The number of amides is 3. The predicted molar refractivity (Wildman–Crippen MR) is 175 cm³/mol. The van der Waals surface area contributed by atoms with Crippen molar-refractivity contribution < 1.29 is 33.8 Å². The van der Waals surface area contributed by atoms with Crippen LogP contribution in [0, 0.1) is 11.8 Å². The molecule has 2 aromatic rings. The molecule has 4 aliphatic heterocycles. The first-order valence-corrected chi connectivity index (χ1v) is 16.7. The number of hydrogen-bond donors (Lipinski definition) is 2. The number of carbonyl (C=O) groups excluding carboxylic acids is 4. The van der Waals surface area contributed by atoms with E-state index in [2.05, 4.69) is 5.32 Å². The number of benzene rings is 2. The number of aliphatic hydroxyl groups excluding tert-OH is 1. The van der Waals surface area contributed by atoms with Gasteiger partial charge in [-0.2, -0.15) is 0 Å². The number of likely N-dealkylation sites (tertiary alicyclic amines) is 1. The predicted octanol–water partition coefficient (Wildman–Crippen LogP) is 4.13. The number of halogens is 1. The second kappa shape index (κ2) is 14.4. The van der Waals surface area contributed by atoms with Gasteiger partial charge in [-0.05, 0) is 49.1 Å². The molecule has 47 heavy (non-hydrogen) atoms. The first-order valence-electron chi connectivity index (χ1n) is 16.4. The number of unbranched alkanes of at least 4 members (excludes halogenated alkanes) is 3. The fourth-order valence-electron chi connectivity index (χ4n) is 7.25.